The molecule has 202 valence electrons. The number of aryl methyl sites for hydroxylation is 1. The molecule has 10 heteroatoms. The molecule has 0 spiro atoms. The smallest absolute Gasteiger partial charge is 0.243 e. The third kappa shape index (κ3) is 6.92. The molecule has 0 radical (unpaired) electrons. The first-order chi connectivity index (χ1) is 17.8. The van der Waals surface area contributed by atoms with Crippen LogP contribution in [0.1, 0.15) is 37.9 Å². The molecule has 4 rings (SSSR count). The second kappa shape index (κ2) is 12.7. The number of rotatable bonds is 10. The van der Waals surface area contributed by atoms with Crippen molar-refractivity contribution >= 4 is 34.9 Å². The number of likely N-dealkylation sites (N-methyl/N-ethyl adjacent to an activating group) is 1. The summed E-state index contributed by atoms with van der Waals surface area (Å²) in [6.07, 6.45) is 1.54. The number of carbonyl (C=O) groups excluding carboxylic acids is 2. The maximum absolute atomic E-state index is 13.7. The van der Waals surface area contributed by atoms with E-state index in [2.05, 4.69) is 41.6 Å². The number of ether oxygens (including phenoxy) is 2. The Hall–Kier alpha value is -1.98. The summed E-state index contributed by atoms with van der Waals surface area (Å²) in [7, 11) is 1.81. The zero-order valence-corrected chi connectivity index (χ0v) is 23.8. The van der Waals surface area contributed by atoms with Gasteiger partial charge in [0.1, 0.15) is 12.1 Å². The molecule has 1 aromatic carbocycles. The number of hydrogen-bond donors (Lipinski definition) is 2. The standard InChI is InChI=1S/C27H38N4O4S2/c1-18-23(36-17-30-18)20-9-7-19(8-10-20)14-29-25(32)22-6-5-11-31(22)26(33)24(28-4)27(2,3)37-16-21-15-34-12-13-35-21/h7-10,17,21-22,24,28H,5-6,11-16H2,1-4H3,(H,29,32)/t21-,22-,24?/m0/s1. The first-order valence-corrected chi connectivity index (χ1v) is 14.7. The number of amides is 2. The summed E-state index contributed by atoms with van der Waals surface area (Å²) in [5, 5.41) is 6.28. The maximum atomic E-state index is 13.7. The molecule has 2 amide bonds. The van der Waals surface area contributed by atoms with E-state index >= 15 is 0 Å². The molecular formula is C27H38N4O4S2. The minimum absolute atomic E-state index is 0.0252. The predicted octanol–water partition coefficient (Wildman–Crippen LogP) is 3.24. The molecule has 2 fully saturated rings. The Kier molecular flexibility index (Phi) is 9.63. The van der Waals surface area contributed by atoms with Crippen molar-refractivity contribution in [1.29, 1.82) is 0 Å². The fourth-order valence-corrected chi connectivity index (χ4v) is 6.93. The van der Waals surface area contributed by atoms with Gasteiger partial charge in [-0.1, -0.05) is 24.3 Å². The summed E-state index contributed by atoms with van der Waals surface area (Å²) in [6.45, 7) is 9.01. The van der Waals surface area contributed by atoms with Crippen LogP contribution in [-0.4, -0.2) is 83.8 Å². The summed E-state index contributed by atoms with van der Waals surface area (Å²) >= 11 is 3.33. The Balaban J connectivity index is 1.33. The van der Waals surface area contributed by atoms with Crippen molar-refractivity contribution in [2.45, 2.75) is 63.1 Å². The number of likely N-dealkylation sites (tertiary alicyclic amines) is 1. The van der Waals surface area contributed by atoms with Gasteiger partial charge in [0, 0.05) is 23.6 Å². The number of thiazole rings is 1. The van der Waals surface area contributed by atoms with E-state index in [9.17, 15) is 9.59 Å². The number of aromatic nitrogens is 1. The highest BCUT2D eigenvalue weighted by molar-refractivity contribution is 8.00. The van der Waals surface area contributed by atoms with Crippen LogP contribution in [0, 0.1) is 6.92 Å². The van der Waals surface area contributed by atoms with Crippen LogP contribution in [0.15, 0.2) is 29.8 Å². The third-order valence-electron chi connectivity index (χ3n) is 7.02. The van der Waals surface area contributed by atoms with Crippen LogP contribution in [0.3, 0.4) is 0 Å². The van der Waals surface area contributed by atoms with Gasteiger partial charge in [-0.3, -0.25) is 9.59 Å². The Morgan fingerprint density at radius 2 is 2.05 bits per heavy atom. The molecule has 2 aromatic rings. The number of thioether (sulfide) groups is 1. The first-order valence-electron chi connectivity index (χ1n) is 12.9. The van der Waals surface area contributed by atoms with E-state index in [1.54, 1.807) is 28.0 Å². The van der Waals surface area contributed by atoms with Crippen molar-refractivity contribution in [2.24, 2.45) is 0 Å². The predicted molar refractivity (Wildman–Crippen MR) is 149 cm³/mol. The van der Waals surface area contributed by atoms with Gasteiger partial charge < -0.3 is 25.0 Å². The molecule has 2 aliphatic rings. The van der Waals surface area contributed by atoms with Gasteiger partial charge in [0.2, 0.25) is 11.8 Å². The summed E-state index contributed by atoms with van der Waals surface area (Å²) < 4.78 is 10.9. The average molecular weight is 547 g/mol. The largest absolute Gasteiger partial charge is 0.376 e. The molecule has 2 aliphatic heterocycles. The van der Waals surface area contributed by atoms with E-state index in [0.29, 0.717) is 39.3 Å². The molecule has 1 unspecified atom stereocenters. The second-order valence-electron chi connectivity index (χ2n) is 10.1. The van der Waals surface area contributed by atoms with Crippen LogP contribution in [0.4, 0.5) is 0 Å². The van der Waals surface area contributed by atoms with Gasteiger partial charge in [-0.15, -0.1) is 11.3 Å². The topological polar surface area (TPSA) is 92.8 Å². The van der Waals surface area contributed by atoms with Crippen molar-refractivity contribution in [3.63, 3.8) is 0 Å². The summed E-state index contributed by atoms with van der Waals surface area (Å²) in [5.41, 5.74) is 5.03. The van der Waals surface area contributed by atoms with E-state index in [1.165, 1.54) is 0 Å². The van der Waals surface area contributed by atoms with E-state index in [4.69, 9.17) is 9.47 Å². The van der Waals surface area contributed by atoms with Crippen molar-refractivity contribution < 1.29 is 19.1 Å². The molecule has 0 aliphatic carbocycles. The van der Waals surface area contributed by atoms with Gasteiger partial charge in [-0.05, 0) is 51.8 Å². The Labute approximate surface area is 227 Å². The van der Waals surface area contributed by atoms with Gasteiger partial charge in [0.15, 0.2) is 0 Å². The van der Waals surface area contributed by atoms with Crippen LogP contribution in [0.25, 0.3) is 10.4 Å². The second-order valence-corrected chi connectivity index (χ2v) is 12.6. The first kappa shape index (κ1) is 28.0. The van der Waals surface area contributed by atoms with Crippen molar-refractivity contribution in [2.75, 3.05) is 39.2 Å². The van der Waals surface area contributed by atoms with Crippen LogP contribution in [0.2, 0.25) is 0 Å². The van der Waals surface area contributed by atoms with E-state index in [1.807, 2.05) is 31.6 Å². The number of carbonyl (C=O) groups is 2. The minimum Gasteiger partial charge on any atom is -0.376 e. The van der Waals surface area contributed by atoms with E-state index < -0.39 is 12.1 Å². The number of nitrogens with one attached hydrogen (secondary N) is 2. The van der Waals surface area contributed by atoms with Gasteiger partial charge in [-0.2, -0.15) is 11.8 Å². The lowest BCUT2D eigenvalue weighted by Gasteiger charge is -2.37. The van der Waals surface area contributed by atoms with Gasteiger partial charge in [0.25, 0.3) is 0 Å². The molecule has 3 atom stereocenters. The van der Waals surface area contributed by atoms with Crippen molar-refractivity contribution in [3.05, 3.63) is 41.0 Å². The highest BCUT2D eigenvalue weighted by Crippen LogP contribution is 2.32. The third-order valence-corrected chi connectivity index (χ3v) is 9.52. The summed E-state index contributed by atoms with van der Waals surface area (Å²) in [4.78, 5) is 34.0. The highest BCUT2D eigenvalue weighted by Gasteiger charge is 2.42. The molecule has 2 saturated heterocycles. The van der Waals surface area contributed by atoms with Gasteiger partial charge in [-0.25, -0.2) is 4.98 Å². The van der Waals surface area contributed by atoms with Crippen LogP contribution in [-0.2, 0) is 25.6 Å². The van der Waals surface area contributed by atoms with Crippen LogP contribution < -0.4 is 10.6 Å². The Morgan fingerprint density at radius 1 is 1.27 bits per heavy atom. The van der Waals surface area contributed by atoms with Crippen molar-refractivity contribution in [3.8, 4) is 10.4 Å². The lowest BCUT2D eigenvalue weighted by molar-refractivity contribution is -0.140. The van der Waals surface area contributed by atoms with Crippen LogP contribution >= 0.6 is 23.1 Å². The minimum atomic E-state index is -0.446. The average Bonchev–Trinajstić information content (AvgIpc) is 3.57. The van der Waals surface area contributed by atoms with E-state index in [0.717, 1.165) is 33.9 Å². The van der Waals surface area contributed by atoms with Crippen molar-refractivity contribution in [1.82, 2.24) is 20.5 Å². The number of hydrogen-bond acceptors (Lipinski definition) is 8. The van der Waals surface area contributed by atoms with Gasteiger partial charge >= 0.3 is 0 Å². The van der Waals surface area contributed by atoms with Gasteiger partial charge in [0.05, 0.1) is 42.0 Å². The zero-order valence-electron chi connectivity index (χ0n) is 22.1. The van der Waals surface area contributed by atoms with Crippen LogP contribution in [0.5, 0.6) is 0 Å². The molecule has 1 aromatic heterocycles. The fraction of sp³-hybridized carbons (Fsp3) is 0.593. The lowest BCUT2D eigenvalue weighted by Crippen LogP contribution is -2.58. The summed E-state index contributed by atoms with van der Waals surface area (Å²) in [6, 6.07) is 7.33. The fourth-order valence-electron chi connectivity index (χ4n) is 4.92. The molecule has 2 N–H and O–H groups in total. The molecule has 0 bridgehead atoms. The zero-order chi connectivity index (χ0) is 26.4. The quantitative estimate of drug-likeness (QED) is 0.473. The summed E-state index contributed by atoms with van der Waals surface area (Å²) in [5.74, 6) is 0.632. The Morgan fingerprint density at radius 3 is 2.70 bits per heavy atom. The highest BCUT2D eigenvalue weighted by atomic mass is 32.2. The Bertz CT molecular complexity index is 1050. The monoisotopic (exact) mass is 546 g/mol. The molecule has 3 heterocycles. The number of benzene rings is 1. The van der Waals surface area contributed by atoms with E-state index in [-0.39, 0.29) is 22.7 Å². The number of nitrogens with zero attached hydrogens (tertiary/aromatic N) is 2. The molecule has 8 nitrogen and oxygen atoms in total. The SMILES string of the molecule is CNC(C(=O)N1CCC[C@H]1C(=O)NCc1ccc(-c2scnc2C)cc1)C(C)(C)SC[C@@H]1COCCO1. The molecular weight excluding hydrogens is 508 g/mol. The maximum Gasteiger partial charge on any atom is 0.243 e. The lowest BCUT2D eigenvalue weighted by atomic mass is 10.0. The molecule has 0 saturated carbocycles. The normalized spacial score (nSPS) is 21.1. The molecule has 37 heavy (non-hydrogen) atoms.